The largest absolute Gasteiger partial charge is 0.288 e. The fourth-order valence-electron chi connectivity index (χ4n) is 5.05. The van der Waals surface area contributed by atoms with Crippen LogP contribution < -0.4 is 15.9 Å². The summed E-state index contributed by atoms with van der Waals surface area (Å²) in [6.45, 7) is 1.14. The summed E-state index contributed by atoms with van der Waals surface area (Å²) in [6, 6.07) is 47.4. The summed E-state index contributed by atoms with van der Waals surface area (Å²) in [5.41, 5.74) is 2.11. The highest BCUT2D eigenvalue weighted by atomic mass is 32.2. The normalized spacial score (nSPS) is 11.6. The van der Waals surface area contributed by atoms with Crippen molar-refractivity contribution in [3.63, 3.8) is 0 Å². The van der Waals surface area contributed by atoms with Gasteiger partial charge in [-0.2, -0.15) is 0 Å². The van der Waals surface area contributed by atoms with Crippen molar-refractivity contribution in [2.75, 3.05) is 5.75 Å². The molecule has 5 aromatic carbocycles. The molecule has 0 atom stereocenters. The lowest BCUT2D eigenvalue weighted by molar-refractivity contribution is 0.100. The topological polar surface area (TPSA) is 46.5 Å². The van der Waals surface area contributed by atoms with Crippen LogP contribution in [0, 0.1) is 6.92 Å². The zero-order chi connectivity index (χ0) is 29.4. The number of aryl methyl sites for hydroxylation is 1. The molecule has 208 valence electrons. The Labute approximate surface area is 252 Å². The van der Waals surface area contributed by atoms with Crippen LogP contribution in [-0.4, -0.2) is 27.8 Å². The minimum absolute atomic E-state index is 0.128. The average molecular weight is 586 g/mol. The van der Waals surface area contributed by atoms with Gasteiger partial charge in [-0.1, -0.05) is 146 Å². The van der Waals surface area contributed by atoms with Gasteiger partial charge in [-0.05, 0) is 47.6 Å². The number of benzene rings is 5. The fourth-order valence-corrected chi connectivity index (χ4v) is 10.6. The molecule has 1 amide bonds. The van der Waals surface area contributed by atoms with Crippen LogP contribution >= 0.6 is 18.6 Å². The molecular weight excluding hydrogens is 553 g/mol. The first-order valence-corrected chi connectivity index (χ1v) is 16.7. The van der Waals surface area contributed by atoms with E-state index in [-0.39, 0.29) is 11.7 Å². The lowest BCUT2D eigenvalue weighted by Crippen LogP contribution is -2.37. The van der Waals surface area contributed by atoms with Gasteiger partial charge in [0.25, 0.3) is 5.91 Å². The van der Waals surface area contributed by atoms with Crippen molar-refractivity contribution in [2.45, 2.75) is 13.8 Å². The second-order valence-corrected chi connectivity index (χ2v) is 14.3. The van der Waals surface area contributed by atoms with Crippen LogP contribution in [0.25, 0.3) is 0 Å². The molecule has 5 heteroatoms. The van der Waals surface area contributed by atoms with Crippen molar-refractivity contribution in [3.8, 4) is 0 Å². The van der Waals surface area contributed by atoms with E-state index in [2.05, 4.69) is 36.4 Å². The van der Waals surface area contributed by atoms with E-state index in [0.717, 1.165) is 21.5 Å². The number of amides is 1. The molecule has 0 aliphatic carbocycles. The van der Waals surface area contributed by atoms with Gasteiger partial charge in [-0.25, -0.2) is 4.99 Å². The second-order valence-electron chi connectivity index (χ2n) is 9.74. The number of ketones is 1. The van der Waals surface area contributed by atoms with E-state index in [4.69, 9.17) is 4.99 Å². The molecule has 0 unspecified atom stereocenters. The summed E-state index contributed by atoms with van der Waals surface area (Å²) in [6.07, 6.45) is 0. The molecule has 0 N–H and O–H groups in total. The third-order valence-corrected chi connectivity index (χ3v) is 12.3. The zero-order valence-corrected chi connectivity index (χ0v) is 25.4. The van der Waals surface area contributed by atoms with Gasteiger partial charge in [0.15, 0.2) is 5.78 Å². The number of rotatable bonds is 8. The maximum Gasteiger partial charge on any atom is 0.278 e. The Morgan fingerprint density at radius 3 is 1.45 bits per heavy atom. The molecule has 0 heterocycles. The Morgan fingerprint density at radius 2 is 1.02 bits per heavy atom. The lowest BCUT2D eigenvalue weighted by Gasteiger charge is -2.32. The molecule has 0 fully saturated rings. The number of aliphatic imine (C=N–C) groups is 1. The van der Waals surface area contributed by atoms with E-state index in [0.29, 0.717) is 27.2 Å². The summed E-state index contributed by atoms with van der Waals surface area (Å²) >= 11 is 1.44. The lowest BCUT2D eigenvalue weighted by atomic mass is 10.1. The Bertz CT molecular complexity index is 1650. The Hall–Kier alpha value is -4.24. The number of hydrogen-bond acceptors (Lipinski definition) is 3. The van der Waals surface area contributed by atoms with Gasteiger partial charge in [-0.3, -0.25) is 9.59 Å². The van der Waals surface area contributed by atoms with Crippen molar-refractivity contribution >= 4 is 56.6 Å². The van der Waals surface area contributed by atoms with Gasteiger partial charge in [0.2, 0.25) is 0 Å². The van der Waals surface area contributed by atoms with Crippen molar-refractivity contribution in [1.29, 1.82) is 0 Å². The Balaban J connectivity index is 1.99. The molecular formula is C37H32NO2PS. The summed E-state index contributed by atoms with van der Waals surface area (Å²) in [5, 5.41) is 4.09. The van der Waals surface area contributed by atoms with Crippen molar-refractivity contribution in [3.05, 3.63) is 162 Å². The van der Waals surface area contributed by atoms with Crippen LogP contribution in [0.3, 0.4) is 0 Å². The predicted octanol–water partition coefficient (Wildman–Crippen LogP) is 7.34. The van der Waals surface area contributed by atoms with E-state index in [9.17, 15) is 9.59 Å². The average Bonchev–Trinajstić information content (AvgIpc) is 3.05. The SMILES string of the molecule is CCSC(=NC(=O)c1ccc(C)cc1)C(C(=O)c1ccccc1)=P(c1ccccc1)(c1ccccc1)c1ccccc1. The van der Waals surface area contributed by atoms with Crippen LogP contribution in [0.15, 0.2) is 151 Å². The molecule has 5 rings (SSSR count). The number of hydrogen-bond donors (Lipinski definition) is 0. The van der Waals surface area contributed by atoms with Crippen LogP contribution in [-0.2, 0) is 0 Å². The van der Waals surface area contributed by atoms with E-state index >= 15 is 0 Å². The maximum atomic E-state index is 15.0. The summed E-state index contributed by atoms with van der Waals surface area (Å²) in [7, 11) is 0. The molecule has 3 nitrogen and oxygen atoms in total. The number of carbonyl (C=O) groups excluding carboxylic acids is 2. The highest BCUT2D eigenvalue weighted by Crippen LogP contribution is 2.48. The minimum atomic E-state index is -2.86. The summed E-state index contributed by atoms with van der Waals surface area (Å²) < 4.78 is 0. The van der Waals surface area contributed by atoms with Gasteiger partial charge in [0, 0.05) is 11.1 Å². The molecule has 0 radical (unpaired) electrons. The molecule has 0 saturated heterocycles. The first-order valence-electron chi connectivity index (χ1n) is 13.9. The molecule has 0 aromatic heterocycles. The highest BCUT2D eigenvalue weighted by Gasteiger charge is 2.36. The van der Waals surface area contributed by atoms with Crippen LogP contribution in [0.2, 0.25) is 0 Å². The van der Waals surface area contributed by atoms with Gasteiger partial charge >= 0.3 is 0 Å². The standard InChI is InChI=1S/C37H32NO2PS/c1-3-42-37(38-36(40)30-26-24-28(2)25-27-30)35(34(39)29-16-8-4-9-17-29)41(31-18-10-5-11-19-31,32-20-12-6-13-21-32)33-22-14-7-15-23-33/h4-27H,3H2,1-2H3. The number of Topliss-reactive ketones (excluding diaryl/α,β-unsaturated/α-hetero) is 1. The molecule has 0 aliphatic heterocycles. The Kier molecular flexibility index (Phi) is 9.48. The number of thioether (sulfide) groups is 1. The number of carbonyl (C=O) groups is 2. The second kappa shape index (κ2) is 13.6. The molecule has 0 aliphatic rings. The molecule has 42 heavy (non-hydrogen) atoms. The van der Waals surface area contributed by atoms with Crippen LogP contribution in [0.4, 0.5) is 0 Å². The van der Waals surface area contributed by atoms with Crippen molar-refractivity contribution in [1.82, 2.24) is 0 Å². The number of nitrogens with zero attached hydrogens (tertiary/aromatic N) is 1. The predicted molar refractivity (Wildman–Crippen MR) is 182 cm³/mol. The van der Waals surface area contributed by atoms with Gasteiger partial charge in [0.05, 0.1) is 5.29 Å². The monoisotopic (exact) mass is 585 g/mol. The van der Waals surface area contributed by atoms with E-state index < -0.39 is 6.89 Å². The zero-order valence-electron chi connectivity index (χ0n) is 23.7. The third kappa shape index (κ3) is 6.01. The van der Waals surface area contributed by atoms with Gasteiger partial charge in [-0.15, -0.1) is 11.8 Å². The summed E-state index contributed by atoms with van der Waals surface area (Å²) in [5.74, 6) is 0.151. The van der Waals surface area contributed by atoms with Crippen LogP contribution in [0.5, 0.6) is 0 Å². The van der Waals surface area contributed by atoms with E-state index in [1.54, 1.807) is 12.1 Å². The van der Waals surface area contributed by atoms with E-state index in [1.807, 2.05) is 111 Å². The highest BCUT2D eigenvalue weighted by molar-refractivity contribution is 8.18. The minimum Gasteiger partial charge on any atom is -0.288 e. The fraction of sp³-hybridized carbons (Fsp3) is 0.0811. The van der Waals surface area contributed by atoms with Gasteiger partial charge < -0.3 is 0 Å². The van der Waals surface area contributed by atoms with Gasteiger partial charge in [0.1, 0.15) is 5.04 Å². The van der Waals surface area contributed by atoms with E-state index in [1.165, 1.54) is 11.8 Å². The first-order chi connectivity index (χ1) is 20.6. The van der Waals surface area contributed by atoms with Crippen LogP contribution in [0.1, 0.15) is 33.2 Å². The first kappa shape index (κ1) is 29.3. The summed E-state index contributed by atoms with van der Waals surface area (Å²) in [4.78, 5) is 33.5. The van der Waals surface area contributed by atoms with Crippen molar-refractivity contribution < 1.29 is 9.59 Å². The molecule has 5 aromatic rings. The smallest absolute Gasteiger partial charge is 0.278 e. The maximum absolute atomic E-state index is 15.0. The molecule has 0 spiro atoms. The van der Waals surface area contributed by atoms with Crippen molar-refractivity contribution in [2.24, 2.45) is 4.99 Å². The Morgan fingerprint density at radius 1 is 0.595 bits per heavy atom. The molecule has 0 bridgehead atoms. The third-order valence-electron chi connectivity index (χ3n) is 7.00. The molecule has 0 saturated carbocycles. The quantitative estimate of drug-likeness (QED) is 0.0829.